The summed E-state index contributed by atoms with van der Waals surface area (Å²) in [4.78, 5) is 18.0. The maximum absolute atomic E-state index is 13.4. The molecule has 0 unspecified atom stereocenters. The molecule has 3 aromatic rings. The van der Waals surface area contributed by atoms with Crippen molar-refractivity contribution < 1.29 is 29.6 Å². The number of carbonyl (C=O) groups is 1. The molecule has 0 bridgehead atoms. The molecule has 0 saturated carbocycles. The topological polar surface area (TPSA) is 145 Å². The number of para-hydroxylation sites is 1. The smallest absolute Gasteiger partial charge is 0.258 e. The highest BCUT2D eigenvalue weighted by Gasteiger charge is 2.39. The van der Waals surface area contributed by atoms with E-state index in [9.17, 15) is 25.4 Å². The molecule has 0 spiro atoms. The lowest BCUT2D eigenvalue weighted by molar-refractivity contribution is -0.161. The van der Waals surface area contributed by atoms with Crippen LogP contribution in [0.3, 0.4) is 0 Å². The summed E-state index contributed by atoms with van der Waals surface area (Å²) >= 11 is 0.951. The first-order valence-electron chi connectivity index (χ1n) is 11.1. The van der Waals surface area contributed by atoms with Crippen LogP contribution in [0.4, 0.5) is 5.69 Å². The van der Waals surface area contributed by atoms with E-state index >= 15 is 0 Å². The summed E-state index contributed by atoms with van der Waals surface area (Å²) in [7, 11) is 1.54. The second-order valence-electron chi connectivity index (χ2n) is 8.16. The number of aliphatic hydroxyl groups is 3. The number of thioether (sulfide) groups is 1. The molecule has 9 nitrogen and oxygen atoms in total. The minimum absolute atomic E-state index is 0.116. The highest BCUT2D eigenvalue weighted by Crippen LogP contribution is 2.39. The average molecular weight is 508 g/mol. The van der Waals surface area contributed by atoms with E-state index in [0.29, 0.717) is 28.3 Å². The Morgan fingerprint density at radius 2 is 1.83 bits per heavy atom. The molecular formula is C26H25N3O6S. The molecule has 36 heavy (non-hydrogen) atoms. The molecule has 2 aromatic carbocycles. The van der Waals surface area contributed by atoms with Gasteiger partial charge in [-0.25, -0.2) is 4.98 Å². The summed E-state index contributed by atoms with van der Waals surface area (Å²) in [5.74, 6) is 0.178. The van der Waals surface area contributed by atoms with Crippen molar-refractivity contribution >= 4 is 23.4 Å². The van der Waals surface area contributed by atoms with Crippen LogP contribution in [0.1, 0.15) is 21.6 Å². The van der Waals surface area contributed by atoms with Crippen LogP contribution in [-0.4, -0.2) is 63.7 Å². The number of nitrogens with zero attached hydrogens (tertiary/aromatic N) is 2. The number of amides is 1. The Balaban J connectivity index is 1.82. The summed E-state index contributed by atoms with van der Waals surface area (Å²) in [6.07, 6.45) is -4.03. The number of ether oxygens (including phenoxy) is 2. The number of anilines is 1. The number of nitrogens with one attached hydrogen (secondary N) is 1. The van der Waals surface area contributed by atoms with E-state index in [2.05, 4.69) is 16.4 Å². The maximum atomic E-state index is 13.4. The third kappa shape index (κ3) is 5.21. The van der Waals surface area contributed by atoms with Crippen LogP contribution in [-0.2, 0) is 4.74 Å². The number of methoxy groups -OCH3 is 1. The molecule has 2 heterocycles. The molecule has 1 amide bonds. The summed E-state index contributed by atoms with van der Waals surface area (Å²) in [5, 5.41) is 43.5. The number of aliphatic hydroxyl groups excluding tert-OH is 3. The molecule has 1 aliphatic heterocycles. The van der Waals surface area contributed by atoms with Crippen molar-refractivity contribution in [1.82, 2.24) is 4.98 Å². The summed E-state index contributed by atoms with van der Waals surface area (Å²) < 4.78 is 10.8. The Hall–Kier alpha value is -3.46. The highest BCUT2D eigenvalue weighted by molar-refractivity contribution is 7.99. The lowest BCUT2D eigenvalue weighted by atomic mass is 9.94. The zero-order chi connectivity index (χ0) is 25.8. The van der Waals surface area contributed by atoms with Crippen LogP contribution in [0.15, 0.2) is 59.6 Å². The first-order valence-corrected chi connectivity index (χ1v) is 12.0. The van der Waals surface area contributed by atoms with Crippen molar-refractivity contribution in [2.45, 2.75) is 35.7 Å². The van der Waals surface area contributed by atoms with E-state index in [1.807, 2.05) is 6.07 Å². The van der Waals surface area contributed by atoms with Gasteiger partial charge < -0.3 is 30.1 Å². The lowest BCUT2D eigenvalue weighted by Gasteiger charge is -2.34. The molecule has 0 radical (unpaired) electrons. The van der Waals surface area contributed by atoms with Crippen LogP contribution < -0.4 is 10.1 Å². The van der Waals surface area contributed by atoms with Gasteiger partial charge in [0.25, 0.3) is 5.91 Å². The van der Waals surface area contributed by atoms with E-state index < -0.39 is 29.7 Å². The van der Waals surface area contributed by atoms with Gasteiger partial charge in [-0.1, -0.05) is 42.1 Å². The molecule has 1 fully saturated rings. The molecule has 10 heteroatoms. The second kappa shape index (κ2) is 11.1. The van der Waals surface area contributed by atoms with E-state index in [-0.39, 0.29) is 22.8 Å². The number of nitriles is 1. The Morgan fingerprint density at radius 3 is 2.47 bits per heavy atom. The largest absolute Gasteiger partial charge is 0.497 e. The van der Waals surface area contributed by atoms with Crippen molar-refractivity contribution in [3.05, 3.63) is 71.4 Å². The number of hydrogen-bond donors (Lipinski definition) is 4. The number of carbonyl (C=O) groups excluding carboxylic acids is 1. The first-order chi connectivity index (χ1) is 17.3. The van der Waals surface area contributed by atoms with E-state index in [1.54, 1.807) is 62.6 Å². The quantitative estimate of drug-likeness (QED) is 0.396. The molecule has 1 aliphatic rings. The summed E-state index contributed by atoms with van der Waals surface area (Å²) in [6.45, 7) is 1.48. The second-order valence-corrected chi connectivity index (χ2v) is 9.24. The minimum atomic E-state index is -1.40. The van der Waals surface area contributed by atoms with Gasteiger partial charge in [0.05, 0.1) is 30.5 Å². The van der Waals surface area contributed by atoms with Crippen LogP contribution in [0, 0.1) is 18.3 Å². The molecular weight excluding hydrogens is 482 g/mol. The van der Waals surface area contributed by atoms with Crippen molar-refractivity contribution in [2.24, 2.45) is 0 Å². The molecule has 1 aromatic heterocycles. The van der Waals surface area contributed by atoms with Crippen molar-refractivity contribution in [3.63, 3.8) is 0 Å². The number of rotatable bonds is 6. The first kappa shape index (κ1) is 25.6. The van der Waals surface area contributed by atoms with Crippen molar-refractivity contribution in [3.8, 4) is 22.9 Å². The van der Waals surface area contributed by atoms with Gasteiger partial charge in [-0.05, 0) is 36.8 Å². The molecule has 4 rings (SSSR count). The number of aryl methyl sites for hydroxylation is 1. The molecule has 1 saturated heterocycles. The van der Waals surface area contributed by atoms with Gasteiger partial charge in [-0.3, -0.25) is 4.79 Å². The third-order valence-electron chi connectivity index (χ3n) is 5.78. The summed E-state index contributed by atoms with van der Waals surface area (Å²) in [6, 6.07) is 18.0. The van der Waals surface area contributed by atoms with Crippen LogP contribution in [0.25, 0.3) is 11.1 Å². The highest BCUT2D eigenvalue weighted by atomic mass is 32.2. The predicted octanol–water partition coefficient (Wildman–Crippen LogP) is 2.72. The van der Waals surface area contributed by atoms with Gasteiger partial charge in [0, 0.05) is 11.3 Å². The zero-order valence-electron chi connectivity index (χ0n) is 19.6. The minimum Gasteiger partial charge on any atom is -0.497 e. The number of hydrogen-bond acceptors (Lipinski definition) is 9. The molecule has 0 aliphatic carbocycles. The Bertz CT molecular complexity index is 1280. The number of aromatic nitrogens is 1. The van der Waals surface area contributed by atoms with Crippen LogP contribution >= 0.6 is 11.8 Å². The number of benzene rings is 2. The monoisotopic (exact) mass is 507 g/mol. The standard InChI is InChI=1S/C26H25N3O6S/c1-14-20(24(33)29-16-6-4-3-5-7-16)21(15-8-10-17(34-2)11-9-15)18(12-27)25(28-14)36-26-23(32)22(31)19(30)13-35-26/h3-11,19,22-23,26,30-32H,13H2,1-2H3,(H,29,33)/t19-,22+,23-,26+/m1/s1. The van der Waals surface area contributed by atoms with Gasteiger partial charge in [0.1, 0.15) is 40.6 Å². The third-order valence-corrected chi connectivity index (χ3v) is 6.94. The molecule has 186 valence electrons. The SMILES string of the molecule is COc1ccc(-c2c(C#N)c(S[C@@H]3OC[C@@H](O)[C@H](O)[C@H]3O)nc(C)c2C(=O)Nc2ccccc2)cc1. The van der Waals surface area contributed by atoms with E-state index in [1.165, 1.54) is 0 Å². The summed E-state index contributed by atoms with van der Waals surface area (Å²) in [5.41, 5.74) is 1.28. The van der Waals surface area contributed by atoms with Crippen molar-refractivity contribution in [1.29, 1.82) is 5.26 Å². The fraction of sp³-hybridized carbons (Fsp3) is 0.269. The van der Waals surface area contributed by atoms with Crippen LogP contribution in [0.5, 0.6) is 5.75 Å². The van der Waals surface area contributed by atoms with Gasteiger partial charge >= 0.3 is 0 Å². The fourth-order valence-corrected chi connectivity index (χ4v) is 5.02. The lowest BCUT2D eigenvalue weighted by Crippen LogP contribution is -2.51. The van der Waals surface area contributed by atoms with Gasteiger partial charge in [0.15, 0.2) is 0 Å². The number of pyridine rings is 1. The normalized spacial score (nSPS) is 21.4. The molecule has 4 atom stereocenters. The van der Waals surface area contributed by atoms with E-state index in [0.717, 1.165) is 11.8 Å². The average Bonchev–Trinajstić information content (AvgIpc) is 2.89. The maximum Gasteiger partial charge on any atom is 0.258 e. The predicted molar refractivity (Wildman–Crippen MR) is 134 cm³/mol. The van der Waals surface area contributed by atoms with E-state index in [4.69, 9.17) is 9.47 Å². The van der Waals surface area contributed by atoms with Crippen LogP contribution in [0.2, 0.25) is 0 Å². The Morgan fingerprint density at radius 1 is 1.14 bits per heavy atom. The Kier molecular flexibility index (Phi) is 7.88. The zero-order valence-corrected chi connectivity index (χ0v) is 20.4. The van der Waals surface area contributed by atoms with Gasteiger partial charge in [0.2, 0.25) is 0 Å². The van der Waals surface area contributed by atoms with Crippen molar-refractivity contribution in [2.75, 3.05) is 19.0 Å². The van der Waals surface area contributed by atoms with Gasteiger partial charge in [-0.2, -0.15) is 5.26 Å². The Labute approximate surface area is 212 Å². The van der Waals surface area contributed by atoms with Gasteiger partial charge in [-0.15, -0.1) is 0 Å². The fourth-order valence-electron chi connectivity index (χ4n) is 3.90. The molecule has 4 N–H and O–H groups in total.